The maximum atomic E-state index is 12.4. The van der Waals surface area contributed by atoms with Crippen molar-refractivity contribution in [2.45, 2.75) is 34.1 Å². The lowest BCUT2D eigenvalue weighted by atomic mass is 9.91. The number of carbonyl (C=O) groups is 1. The van der Waals surface area contributed by atoms with Crippen LogP contribution in [0.4, 0.5) is 0 Å². The fourth-order valence-electron chi connectivity index (χ4n) is 3.08. The molecule has 0 saturated carbocycles. The van der Waals surface area contributed by atoms with E-state index in [2.05, 4.69) is 39.1 Å². The van der Waals surface area contributed by atoms with Gasteiger partial charge in [0, 0.05) is 12.1 Å². The van der Waals surface area contributed by atoms with Crippen LogP contribution >= 0.6 is 0 Å². The smallest absolute Gasteiger partial charge is 0.251 e. The van der Waals surface area contributed by atoms with E-state index in [0.29, 0.717) is 23.6 Å². The SMILES string of the molecule is COc1ccc(CCNC(=O)c2ccc(/C(C)=C/C(C)(C)C)cc2)cc1OC. The molecule has 0 radical (unpaired) electrons. The van der Waals surface area contributed by atoms with Crippen LogP contribution < -0.4 is 14.8 Å². The number of carbonyl (C=O) groups excluding carboxylic acids is 1. The number of nitrogens with one attached hydrogen (secondary N) is 1. The molecule has 0 spiro atoms. The summed E-state index contributed by atoms with van der Waals surface area (Å²) in [4.78, 5) is 12.4. The van der Waals surface area contributed by atoms with Crippen LogP contribution in [0.5, 0.6) is 11.5 Å². The predicted octanol–water partition coefficient (Wildman–Crippen LogP) is 5.13. The first kappa shape index (κ1) is 21.5. The Morgan fingerprint density at radius 3 is 2.14 bits per heavy atom. The molecule has 1 amide bonds. The number of rotatable bonds is 7. The summed E-state index contributed by atoms with van der Waals surface area (Å²) in [5.41, 5.74) is 4.23. The highest BCUT2D eigenvalue weighted by molar-refractivity contribution is 5.94. The van der Waals surface area contributed by atoms with Gasteiger partial charge in [-0.25, -0.2) is 0 Å². The predicted molar refractivity (Wildman–Crippen MR) is 115 cm³/mol. The van der Waals surface area contributed by atoms with E-state index in [1.165, 1.54) is 5.57 Å². The molecular formula is C24H31NO3. The van der Waals surface area contributed by atoms with Gasteiger partial charge in [0.1, 0.15) is 0 Å². The number of benzene rings is 2. The molecule has 0 saturated heterocycles. The molecule has 2 aromatic carbocycles. The van der Waals surface area contributed by atoms with Gasteiger partial charge >= 0.3 is 0 Å². The van der Waals surface area contributed by atoms with Crippen molar-refractivity contribution in [3.8, 4) is 11.5 Å². The monoisotopic (exact) mass is 381 g/mol. The van der Waals surface area contributed by atoms with Crippen LogP contribution in [0.15, 0.2) is 48.5 Å². The summed E-state index contributed by atoms with van der Waals surface area (Å²) in [5.74, 6) is 1.33. The molecule has 150 valence electrons. The fourth-order valence-corrected chi connectivity index (χ4v) is 3.08. The molecule has 0 aliphatic carbocycles. The molecule has 0 bridgehead atoms. The van der Waals surface area contributed by atoms with E-state index in [1.807, 2.05) is 42.5 Å². The van der Waals surface area contributed by atoms with Gasteiger partial charge in [-0.05, 0) is 59.7 Å². The van der Waals surface area contributed by atoms with Crippen molar-refractivity contribution in [1.82, 2.24) is 5.32 Å². The summed E-state index contributed by atoms with van der Waals surface area (Å²) in [6.07, 6.45) is 2.96. The summed E-state index contributed by atoms with van der Waals surface area (Å²) in [6, 6.07) is 13.5. The van der Waals surface area contributed by atoms with Crippen molar-refractivity contribution in [2.24, 2.45) is 5.41 Å². The highest BCUT2D eigenvalue weighted by Gasteiger charge is 2.10. The minimum absolute atomic E-state index is 0.0653. The quantitative estimate of drug-likeness (QED) is 0.724. The number of allylic oxidation sites excluding steroid dienone is 2. The minimum atomic E-state index is -0.0653. The highest BCUT2D eigenvalue weighted by Crippen LogP contribution is 2.27. The molecule has 2 rings (SSSR count). The molecule has 0 heterocycles. The van der Waals surface area contributed by atoms with Crippen molar-refractivity contribution < 1.29 is 14.3 Å². The van der Waals surface area contributed by atoms with Crippen LogP contribution in [0.1, 0.15) is 49.2 Å². The Morgan fingerprint density at radius 1 is 0.964 bits per heavy atom. The third kappa shape index (κ3) is 6.15. The van der Waals surface area contributed by atoms with E-state index in [4.69, 9.17) is 9.47 Å². The van der Waals surface area contributed by atoms with E-state index in [0.717, 1.165) is 17.5 Å². The molecule has 28 heavy (non-hydrogen) atoms. The second-order valence-corrected chi connectivity index (χ2v) is 7.97. The first-order valence-electron chi connectivity index (χ1n) is 9.52. The first-order chi connectivity index (χ1) is 13.2. The normalized spacial score (nSPS) is 11.9. The third-order valence-electron chi connectivity index (χ3n) is 4.40. The number of amides is 1. The molecule has 0 aliphatic heterocycles. The van der Waals surface area contributed by atoms with Crippen molar-refractivity contribution in [3.63, 3.8) is 0 Å². The Labute approximate surface area is 168 Å². The number of ether oxygens (including phenoxy) is 2. The second-order valence-electron chi connectivity index (χ2n) is 7.97. The third-order valence-corrected chi connectivity index (χ3v) is 4.40. The Morgan fingerprint density at radius 2 is 1.57 bits per heavy atom. The maximum Gasteiger partial charge on any atom is 0.251 e. The molecule has 0 atom stereocenters. The average Bonchev–Trinajstić information content (AvgIpc) is 2.66. The van der Waals surface area contributed by atoms with Crippen molar-refractivity contribution in [2.75, 3.05) is 20.8 Å². The van der Waals surface area contributed by atoms with Crippen LogP contribution in [0.2, 0.25) is 0 Å². The zero-order valence-electron chi connectivity index (χ0n) is 17.8. The Hall–Kier alpha value is -2.75. The molecule has 0 aliphatic rings. The van der Waals surface area contributed by atoms with Gasteiger partial charge in [-0.2, -0.15) is 0 Å². The van der Waals surface area contributed by atoms with Gasteiger partial charge in [-0.1, -0.05) is 45.0 Å². The van der Waals surface area contributed by atoms with E-state index in [9.17, 15) is 4.79 Å². The van der Waals surface area contributed by atoms with E-state index < -0.39 is 0 Å². The van der Waals surface area contributed by atoms with Crippen LogP contribution in [0.25, 0.3) is 5.57 Å². The molecule has 1 N–H and O–H groups in total. The average molecular weight is 382 g/mol. The number of hydrogen-bond donors (Lipinski definition) is 1. The van der Waals surface area contributed by atoms with Gasteiger partial charge in [0.25, 0.3) is 5.91 Å². The number of hydrogen-bond acceptors (Lipinski definition) is 3. The van der Waals surface area contributed by atoms with Gasteiger partial charge in [0.2, 0.25) is 0 Å². The molecule has 0 fully saturated rings. The lowest BCUT2D eigenvalue weighted by Gasteiger charge is -2.14. The zero-order valence-corrected chi connectivity index (χ0v) is 17.8. The Kier molecular flexibility index (Phi) is 7.27. The molecule has 0 unspecified atom stereocenters. The summed E-state index contributed by atoms with van der Waals surface area (Å²) in [7, 11) is 3.23. The van der Waals surface area contributed by atoms with Gasteiger partial charge in [-0.15, -0.1) is 0 Å². The molecule has 0 aromatic heterocycles. The van der Waals surface area contributed by atoms with Crippen LogP contribution in [-0.2, 0) is 6.42 Å². The molecule has 2 aromatic rings. The van der Waals surface area contributed by atoms with Crippen LogP contribution in [-0.4, -0.2) is 26.7 Å². The Balaban J connectivity index is 1.94. The summed E-state index contributed by atoms with van der Waals surface area (Å²) in [5, 5.41) is 2.97. The van der Waals surface area contributed by atoms with E-state index >= 15 is 0 Å². The molecule has 4 heteroatoms. The number of methoxy groups -OCH3 is 2. The lowest BCUT2D eigenvalue weighted by molar-refractivity contribution is 0.0954. The summed E-state index contributed by atoms with van der Waals surface area (Å²) < 4.78 is 10.6. The maximum absolute atomic E-state index is 12.4. The van der Waals surface area contributed by atoms with Crippen LogP contribution in [0.3, 0.4) is 0 Å². The largest absolute Gasteiger partial charge is 0.493 e. The molecular weight excluding hydrogens is 350 g/mol. The summed E-state index contributed by atoms with van der Waals surface area (Å²) in [6.45, 7) is 9.19. The van der Waals surface area contributed by atoms with Gasteiger partial charge in [0.15, 0.2) is 11.5 Å². The topological polar surface area (TPSA) is 47.6 Å². The van der Waals surface area contributed by atoms with Gasteiger partial charge < -0.3 is 14.8 Å². The van der Waals surface area contributed by atoms with Crippen molar-refractivity contribution in [3.05, 3.63) is 65.2 Å². The van der Waals surface area contributed by atoms with Crippen molar-refractivity contribution in [1.29, 1.82) is 0 Å². The van der Waals surface area contributed by atoms with Gasteiger partial charge in [-0.3, -0.25) is 4.79 Å². The first-order valence-corrected chi connectivity index (χ1v) is 9.52. The fraction of sp³-hybridized carbons (Fsp3) is 0.375. The Bertz CT molecular complexity index is 830. The van der Waals surface area contributed by atoms with Gasteiger partial charge in [0.05, 0.1) is 14.2 Å². The minimum Gasteiger partial charge on any atom is -0.493 e. The van der Waals surface area contributed by atoms with E-state index in [1.54, 1.807) is 14.2 Å². The lowest BCUT2D eigenvalue weighted by Crippen LogP contribution is -2.25. The second kappa shape index (κ2) is 9.45. The van der Waals surface area contributed by atoms with Crippen LogP contribution in [0, 0.1) is 5.41 Å². The highest BCUT2D eigenvalue weighted by atomic mass is 16.5. The van der Waals surface area contributed by atoms with E-state index in [-0.39, 0.29) is 11.3 Å². The standard InChI is InChI=1S/C24H31NO3/c1-17(16-24(2,3)4)19-8-10-20(11-9-19)23(26)25-14-13-18-7-12-21(27-5)22(15-18)28-6/h7-12,15-16H,13-14H2,1-6H3,(H,25,26)/b17-16+. The molecule has 4 nitrogen and oxygen atoms in total. The summed E-state index contributed by atoms with van der Waals surface area (Å²) >= 11 is 0. The van der Waals surface area contributed by atoms with Crippen molar-refractivity contribution >= 4 is 11.5 Å². The zero-order chi connectivity index (χ0) is 20.7.